The Balaban J connectivity index is 1.69. The van der Waals surface area contributed by atoms with Crippen LogP contribution >= 0.6 is 0 Å². The fourth-order valence-corrected chi connectivity index (χ4v) is 4.91. The Morgan fingerprint density at radius 2 is 0.929 bits per heavy atom. The second kappa shape index (κ2) is 10.4. The van der Waals surface area contributed by atoms with Gasteiger partial charge in [-0.1, -0.05) is 36.1 Å². The van der Waals surface area contributed by atoms with E-state index in [1.54, 1.807) is 24.3 Å². The van der Waals surface area contributed by atoms with Crippen LogP contribution in [0.15, 0.2) is 97.1 Å². The number of nitrogen functional groups attached to an aromatic ring is 2. The molecule has 42 heavy (non-hydrogen) atoms. The Morgan fingerprint density at radius 3 is 1.31 bits per heavy atom. The number of phenols is 2. The summed E-state index contributed by atoms with van der Waals surface area (Å²) in [4.78, 5) is 0. The fraction of sp³-hybridized carbons (Fsp3) is 0. The summed E-state index contributed by atoms with van der Waals surface area (Å²) in [5, 5.41) is 23.4. The molecule has 202 valence electrons. The first-order valence-electron chi connectivity index (χ1n) is 12.9. The summed E-state index contributed by atoms with van der Waals surface area (Å²) in [7, 11) is 0. The molecule has 0 aliphatic carbocycles. The van der Waals surface area contributed by atoms with Crippen LogP contribution in [0.1, 0.15) is 11.1 Å². The number of rotatable bonds is 5. The number of benzene rings is 6. The van der Waals surface area contributed by atoms with Gasteiger partial charge in [-0.15, -0.1) is 12.8 Å². The summed E-state index contributed by atoms with van der Waals surface area (Å²) in [6.45, 7) is 0. The van der Waals surface area contributed by atoms with Gasteiger partial charge in [0.1, 0.15) is 34.5 Å². The van der Waals surface area contributed by atoms with E-state index in [9.17, 15) is 10.2 Å². The molecule has 6 N–H and O–H groups in total. The molecule has 6 heteroatoms. The van der Waals surface area contributed by atoms with Gasteiger partial charge in [0.2, 0.25) is 0 Å². The molecule has 0 aliphatic rings. The molecule has 0 saturated carbocycles. The van der Waals surface area contributed by atoms with Crippen molar-refractivity contribution in [1.29, 1.82) is 0 Å². The Morgan fingerprint density at radius 1 is 0.524 bits per heavy atom. The lowest BCUT2D eigenvalue weighted by molar-refractivity contribution is 0.465. The highest BCUT2D eigenvalue weighted by molar-refractivity contribution is 6.10. The average molecular weight is 549 g/mol. The first kappa shape index (κ1) is 26.0. The zero-order valence-electron chi connectivity index (χ0n) is 22.3. The van der Waals surface area contributed by atoms with E-state index in [1.165, 1.54) is 12.1 Å². The number of anilines is 2. The maximum atomic E-state index is 9.97. The molecule has 0 radical (unpaired) electrons. The third kappa shape index (κ3) is 4.70. The van der Waals surface area contributed by atoms with Crippen molar-refractivity contribution in [3.05, 3.63) is 108 Å². The largest absolute Gasteiger partial charge is 0.506 e. The van der Waals surface area contributed by atoms with Gasteiger partial charge in [-0.05, 0) is 82.2 Å². The Kier molecular flexibility index (Phi) is 6.43. The molecule has 6 nitrogen and oxygen atoms in total. The van der Waals surface area contributed by atoms with Crippen LogP contribution < -0.4 is 20.9 Å². The third-order valence-corrected chi connectivity index (χ3v) is 7.00. The molecule has 0 aliphatic heterocycles. The molecule has 0 spiro atoms. The molecule has 0 fully saturated rings. The lowest BCUT2D eigenvalue weighted by atomic mass is 9.90. The summed E-state index contributed by atoms with van der Waals surface area (Å²) in [5.74, 6) is 7.21. The number of hydrogen-bond donors (Lipinski definition) is 4. The molecular weight excluding hydrogens is 524 g/mol. The number of ether oxygens (including phenoxy) is 2. The summed E-state index contributed by atoms with van der Waals surface area (Å²) in [6.07, 6.45) is 11.6. The Bertz CT molecular complexity index is 1970. The molecule has 0 aromatic heterocycles. The van der Waals surface area contributed by atoms with E-state index in [-0.39, 0.29) is 22.9 Å². The van der Waals surface area contributed by atoms with Gasteiger partial charge in [0.15, 0.2) is 0 Å². The minimum Gasteiger partial charge on any atom is -0.506 e. The van der Waals surface area contributed by atoms with Crippen LogP contribution in [0.5, 0.6) is 34.5 Å². The average Bonchev–Trinajstić information content (AvgIpc) is 3.00. The van der Waals surface area contributed by atoms with Crippen molar-refractivity contribution in [2.75, 3.05) is 11.5 Å². The summed E-state index contributed by atoms with van der Waals surface area (Å²) in [6, 6.07) is 28.4. The molecule has 0 atom stereocenters. The number of hydrogen-bond acceptors (Lipinski definition) is 6. The predicted octanol–water partition coefficient (Wildman–Crippen LogP) is 7.78. The maximum absolute atomic E-state index is 9.97. The summed E-state index contributed by atoms with van der Waals surface area (Å²) < 4.78 is 12.9. The topological polar surface area (TPSA) is 111 Å². The molecule has 0 amide bonds. The number of fused-ring (bicyclic) bond motifs is 2. The summed E-state index contributed by atoms with van der Waals surface area (Å²) >= 11 is 0. The molecular formula is C36H24N2O4. The highest BCUT2D eigenvalue weighted by Gasteiger charge is 2.21. The van der Waals surface area contributed by atoms with Gasteiger partial charge in [-0.2, -0.15) is 0 Å². The van der Waals surface area contributed by atoms with E-state index >= 15 is 0 Å². The van der Waals surface area contributed by atoms with Gasteiger partial charge >= 0.3 is 0 Å². The monoisotopic (exact) mass is 548 g/mol. The third-order valence-electron chi connectivity index (χ3n) is 7.00. The number of phenolic OH excluding ortho intramolecular Hbond substituents is 2. The van der Waals surface area contributed by atoms with Crippen molar-refractivity contribution < 1.29 is 19.7 Å². The fourth-order valence-electron chi connectivity index (χ4n) is 4.91. The highest BCUT2D eigenvalue weighted by atomic mass is 16.5. The molecule has 6 rings (SSSR count). The van der Waals surface area contributed by atoms with Crippen LogP contribution in [0.4, 0.5) is 11.4 Å². The molecule has 0 heterocycles. The van der Waals surface area contributed by atoms with Crippen molar-refractivity contribution in [3.63, 3.8) is 0 Å². The van der Waals surface area contributed by atoms with E-state index < -0.39 is 0 Å². The predicted molar refractivity (Wildman–Crippen MR) is 168 cm³/mol. The van der Waals surface area contributed by atoms with E-state index in [0.717, 1.165) is 21.5 Å². The van der Waals surface area contributed by atoms with Gasteiger partial charge < -0.3 is 31.2 Å². The van der Waals surface area contributed by atoms with E-state index in [2.05, 4.69) is 11.8 Å². The quantitative estimate of drug-likeness (QED) is 0.0994. The van der Waals surface area contributed by atoms with E-state index in [4.69, 9.17) is 33.8 Å². The number of aromatic hydroxyl groups is 2. The van der Waals surface area contributed by atoms with Crippen LogP contribution in [0, 0.1) is 24.7 Å². The highest BCUT2D eigenvalue weighted by Crippen LogP contribution is 2.48. The standard InChI is InChI=1S/C36H24N2O4/c1-3-21-5-7-23-9-15-33(41-25-11-13-31(39)29(37)19-25)35(27(23)17-21)36-28-18-22(4-2)6-8-24(28)10-16-34(36)42-26-12-14-32(40)30(38)20-26/h1-2,5-20,39-40H,37-38H2. The minimum absolute atomic E-state index is 0.0422. The lowest BCUT2D eigenvalue weighted by Crippen LogP contribution is -1.96. The van der Waals surface area contributed by atoms with Crippen LogP contribution in [0.25, 0.3) is 32.7 Å². The van der Waals surface area contributed by atoms with Gasteiger partial charge in [-0.25, -0.2) is 0 Å². The SMILES string of the molecule is C#Cc1ccc2ccc(Oc3ccc(O)c(N)c3)c(-c3c(Oc4ccc(O)c(N)c4)ccc4ccc(C#C)cc34)c2c1. The van der Waals surface area contributed by atoms with Gasteiger partial charge in [-0.3, -0.25) is 0 Å². The van der Waals surface area contributed by atoms with Gasteiger partial charge in [0.05, 0.1) is 11.4 Å². The van der Waals surface area contributed by atoms with Crippen LogP contribution in [0.2, 0.25) is 0 Å². The van der Waals surface area contributed by atoms with E-state index in [1.807, 2.05) is 60.7 Å². The summed E-state index contributed by atoms with van der Waals surface area (Å²) in [5.41, 5.74) is 15.1. The zero-order chi connectivity index (χ0) is 29.4. The molecule has 6 aromatic carbocycles. The van der Waals surface area contributed by atoms with Crippen molar-refractivity contribution in [3.8, 4) is 70.3 Å². The second-order valence-electron chi connectivity index (χ2n) is 9.68. The van der Waals surface area contributed by atoms with Crippen LogP contribution in [0.3, 0.4) is 0 Å². The van der Waals surface area contributed by atoms with Crippen LogP contribution in [-0.4, -0.2) is 10.2 Å². The molecule has 0 saturated heterocycles. The molecule has 0 bridgehead atoms. The molecule has 6 aromatic rings. The zero-order valence-corrected chi connectivity index (χ0v) is 22.3. The van der Waals surface area contributed by atoms with Crippen molar-refractivity contribution in [1.82, 2.24) is 0 Å². The Hall–Kier alpha value is -6.24. The Labute approximate surface area is 242 Å². The van der Waals surface area contributed by atoms with Crippen molar-refractivity contribution in [2.24, 2.45) is 0 Å². The maximum Gasteiger partial charge on any atom is 0.138 e. The van der Waals surface area contributed by atoms with Gasteiger partial charge in [0, 0.05) is 34.4 Å². The van der Waals surface area contributed by atoms with Crippen molar-refractivity contribution >= 4 is 32.9 Å². The van der Waals surface area contributed by atoms with Gasteiger partial charge in [0.25, 0.3) is 0 Å². The first-order valence-corrected chi connectivity index (χ1v) is 12.9. The van der Waals surface area contributed by atoms with E-state index in [0.29, 0.717) is 45.3 Å². The normalized spacial score (nSPS) is 10.7. The van der Waals surface area contributed by atoms with Crippen LogP contribution in [-0.2, 0) is 0 Å². The number of terminal acetylenes is 2. The lowest BCUT2D eigenvalue weighted by Gasteiger charge is -2.20. The smallest absolute Gasteiger partial charge is 0.138 e. The van der Waals surface area contributed by atoms with Crippen molar-refractivity contribution in [2.45, 2.75) is 0 Å². The first-order chi connectivity index (χ1) is 20.3. The molecule has 0 unspecified atom stereocenters. The minimum atomic E-state index is -0.0422. The second-order valence-corrected chi connectivity index (χ2v) is 9.68. The number of nitrogens with two attached hydrogens (primary N) is 2.